The molecule has 1 aliphatic heterocycles. The van der Waals surface area contributed by atoms with E-state index in [1.54, 1.807) is 22.5 Å². The maximum Gasteiger partial charge on any atom is 0.274 e. The minimum atomic E-state index is -0.760. The van der Waals surface area contributed by atoms with Crippen molar-refractivity contribution in [2.45, 2.75) is 19.4 Å². The molecule has 0 radical (unpaired) electrons. The van der Waals surface area contributed by atoms with Crippen molar-refractivity contribution in [1.29, 1.82) is 0 Å². The third kappa shape index (κ3) is 1.74. The average Bonchev–Trinajstić information content (AvgIpc) is 2.67. The quantitative estimate of drug-likeness (QED) is 0.782. The van der Waals surface area contributed by atoms with Crippen LogP contribution in [0.5, 0.6) is 0 Å². The molecule has 0 atom stereocenters. The van der Waals surface area contributed by atoms with Gasteiger partial charge in [-0.15, -0.1) is 0 Å². The number of hydrogen-bond acceptors (Lipinski definition) is 4. The van der Waals surface area contributed by atoms with Crippen molar-refractivity contribution in [2.24, 2.45) is 0 Å². The van der Waals surface area contributed by atoms with Crippen molar-refractivity contribution in [3.05, 3.63) is 29.7 Å². The van der Waals surface area contributed by atoms with Crippen molar-refractivity contribution >= 4 is 11.6 Å². The van der Waals surface area contributed by atoms with Gasteiger partial charge in [0.1, 0.15) is 5.69 Å². The molecule has 6 nitrogen and oxygen atoms in total. The first-order chi connectivity index (χ1) is 8.44. The Morgan fingerprint density at radius 2 is 2.17 bits per heavy atom. The van der Waals surface area contributed by atoms with E-state index in [-0.39, 0.29) is 5.91 Å². The highest BCUT2D eigenvalue weighted by molar-refractivity contribution is 5.93. The molecule has 2 aromatic rings. The third-order valence-electron chi connectivity index (χ3n) is 3.02. The average molecular weight is 246 g/mol. The number of amides is 1. The van der Waals surface area contributed by atoms with Crippen LogP contribution in [0.15, 0.2) is 18.3 Å². The van der Waals surface area contributed by atoms with Crippen molar-refractivity contribution in [3.8, 4) is 0 Å². The fourth-order valence-corrected chi connectivity index (χ4v) is 2.16. The molecule has 1 aliphatic rings. The van der Waals surface area contributed by atoms with Crippen LogP contribution in [0.4, 0.5) is 0 Å². The molecule has 1 fully saturated rings. The van der Waals surface area contributed by atoms with E-state index < -0.39 is 5.60 Å². The summed E-state index contributed by atoms with van der Waals surface area (Å²) < 4.78 is 1.60. The van der Waals surface area contributed by atoms with E-state index >= 15 is 0 Å². The predicted molar refractivity (Wildman–Crippen MR) is 64.3 cm³/mol. The number of nitrogens with zero attached hydrogens (tertiary/aromatic N) is 4. The number of carbonyl (C=O) groups excluding carboxylic acids is 1. The Kier molecular flexibility index (Phi) is 2.18. The topological polar surface area (TPSA) is 70.7 Å². The van der Waals surface area contributed by atoms with Crippen LogP contribution in [0.2, 0.25) is 0 Å². The number of aromatic nitrogens is 3. The number of fused-ring (bicyclic) bond motifs is 1. The maximum atomic E-state index is 12.1. The van der Waals surface area contributed by atoms with Gasteiger partial charge >= 0.3 is 0 Å². The summed E-state index contributed by atoms with van der Waals surface area (Å²) in [4.78, 5) is 17.9. The first kappa shape index (κ1) is 11.2. The molecule has 3 rings (SSSR count). The Labute approximate surface area is 104 Å². The predicted octanol–water partition coefficient (Wildman–Crippen LogP) is 0.245. The number of likely N-dealkylation sites (tertiary alicyclic amines) is 1. The van der Waals surface area contributed by atoms with Crippen LogP contribution in [0.25, 0.3) is 5.65 Å². The zero-order valence-electron chi connectivity index (χ0n) is 10.3. The van der Waals surface area contributed by atoms with Gasteiger partial charge in [-0.05, 0) is 26.0 Å². The van der Waals surface area contributed by atoms with Gasteiger partial charge in [0.15, 0.2) is 5.65 Å². The second-order valence-electron chi connectivity index (χ2n) is 5.06. The van der Waals surface area contributed by atoms with E-state index in [9.17, 15) is 9.90 Å². The zero-order valence-corrected chi connectivity index (χ0v) is 10.3. The minimum absolute atomic E-state index is 0.162. The van der Waals surface area contributed by atoms with Gasteiger partial charge < -0.3 is 10.0 Å². The molecule has 0 saturated carbocycles. The number of carbonyl (C=O) groups is 1. The van der Waals surface area contributed by atoms with Gasteiger partial charge in [0.05, 0.1) is 30.6 Å². The molecule has 0 bridgehead atoms. The van der Waals surface area contributed by atoms with Crippen molar-refractivity contribution < 1.29 is 9.90 Å². The van der Waals surface area contributed by atoms with E-state index in [2.05, 4.69) is 10.1 Å². The van der Waals surface area contributed by atoms with E-state index in [0.29, 0.717) is 24.4 Å². The van der Waals surface area contributed by atoms with Crippen LogP contribution >= 0.6 is 0 Å². The number of aryl methyl sites for hydroxylation is 1. The summed E-state index contributed by atoms with van der Waals surface area (Å²) >= 11 is 0. The monoisotopic (exact) mass is 246 g/mol. The van der Waals surface area contributed by atoms with Crippen LogP contribution in [0.1, 0.15) is 23.1 Å². The molecule has 1 N–H and O–H groups in total. The second kappa shape index (κ2) is 3.52. The smallest absolute Gasteiger partial charge is 0.274 e. The summed E-state index contributed by atoms with van der Waals surface area (Å²) in [6.07, 6.45) is 1.62. The Balaban J connectivity index is 1.88. The minimum Gasteiger partial charge on any atom is -0.386 e. The van der Waals surface area contributed by atoms with Gasteiger partial charge in [0.2, 0.25) is 0 Å². The molecule has 0 aromatic carbocycles. The number of imidazole rings is 1. The Morgan fingerprint density at radius 1 is 1.44 bits per heavy atom. The van der Waals surface area contributed by atoms with Gasteiger partial charge in [0, 0.05) is 0 Å². The first-order valence-corrected chi connectivity index (χ1v) is 5.79. The summed E-state index contributed by atoms with van der Waals surface area (Å²) in [5.41, 5.74) is 1.12. The second-order valence-corrected chi connectivity index (χ2v) is 5.06. The Hall–Kier alpha value is -1.95. The van der Waals surface area contributed by atoms with Gasteiger partial charge in [-0.25, -0.2) is 9.50 Å². The Bertz CT molecular complexity index is 624. The van der Waals surface area contributed by atoms with Crippen LogP contribution in [-0.4, -0.2) is 49.2 Å². The summed E-state index contributed by atoms with van der Waals surface area (Å²) in [6.45, 7) is 4.30. The lowest BCUT2D eigenvalue weighted by molar-refractivity contribution is -0.0670. The third-order valence-corrected chi connectivity index (χ3v) is 3.02. The molecule has 3 heterocycles. The Morgan fingerprint density at radius 3 is 2.83 bits per heavy atom. The molecule has 1 saturated heterocycles. The number of aliphatic hydroxyl groups is 1. The molecule has 18 heavy (non-hydrogen) atoms. The molecule has 1 amide bonds. The fourth-order valence-electron chi connectivity index (χ4n) is 2.16. The van der Waals surface area contributed by atoms with Gasteiger partial charge in [-0.1, -0.05) is 0 Å². The number of β-amino-alcohol motifs (C(OH)–C–C–N with tert-alkyl or cyclic N) is 1. The highest BCUT2D eigenvalue weighted by atomic mass is 16.3. The fraction of sp³-hybridized carbons (Fsp3) is 0.417. The summed E-state index contributed by atoms with van der Waals surface area (Å²) in [7, 11) is 0. The zero-order chi connectivity index (χ0) is 12.9. The molecule has 0 unspecified atom stereocenters. The van der Waals surface area contributed by atoms with Gasteiger partial charge in [-0.3, -0.25) is 4.79 Å². The maximum absolute atomic E-state index is 12.1. The van der Waals surface area contributed by atoms with Crippen molar-refractivity contribution in [3.63, 3.8) is 0 Å². The van der Waals surface area contributed by atoms with Gasteiger partial charge in [-0.2, -0.15) is 5.10 Å². The summed E-state index contributed by atoms with van der Waals surface area (Å²) in [6, 6.07) is 3.68. The summed E-state index contributed by atoms with van der Waals surface area (Å²) in [5, 5.41) is 13.9. The van der Waals surface area contributed by atoms with Crippen LogP contribution < -0.4 is 0 Å². The standard InChI is InChI=1S/C12H14N4O2/c1-8-3-4-10-13-9(5-16(10)14-8)11(17)15-6-12(2,18)7-15/h3-5,18H,6-7H2,1-2H3. The number of hydrogen-bond donors (Lipinski definition) is 1. The van der Waals surface area contributed by atoms with Crippen LogP contribution in [0.3, 0.4) is 0 Å². The molecule has 0 spiro atoms. The molecule has 94 valence electrons. The van der Waals surface area contributed by atoms with Gasteiger partial charge in [0.25, 0.3) is 5.91 Å². The molecule has 6 heteroatoms. The molecular weight excluding hydrogens is 232 g/mol. The van der Waals surface area contributed by atoms with E-state index in [1.165, 1.54) is 0 Å². The summed E-state index contributed by atoms with van der Waals surface area (Å²) in [5.74, 6) is -0.162. The molecule has 0 aliphatic carbocycles. The van der Waals surface area contributed by atoms with Crippen LogP contribution in [0, 0.1) is 6.92 Å². The van der Waals surface area contributed by atoms with Crippen LogP contribution in [-0.2, 0) is 0 Å². The SMILES string of the molecule is Cc1ccc2nc(C(=O)N3CC(C)(O)C3)cn2n1. The van der Waals surface area contributed by atoms with E-state index in [1.807, 2.05) is 19.1 Å². The van der Waals surface area contributed by atoms with Crippen molar-refractivity contribution in [2.75, 3.05) is 13.1 Å². The lowest BCUT2D eigenvalue weighted by atomic mass is 9.97. The van der Waals surface area contributed by atoms with Crippen molar-refractivity contribution in [1.82, 2.24) is 19.5 Å². The highest BCUT2D eigenvalue weighted by Gasteiger charge is 2.40. The highest BCUT2D eigenvalue weighted by Crippen LogP contribution is 2.21. The lowest BCUT2D eigenvalue weighted by Gasteiger charge is -2.43. The normalized spacial score (nSPS) is 17.8. The molecule has 2 aromatic heterocycles. The molecular formula is C12H14N4O2. The first-order valence-electron chi connectivity index (χ1n) is 5.79. The number of rotatable bonds is 1. The lowest BCUT2D eigenvalue weighted by Crippen LogP contribution is -2.61. The largest absolute Gasteiger partial charge is 0.386 e. The van der Waals surface area contributed by atoms with E-state index in [0.717, 1.165) is 5.69 Å². The van der Waals surface area contributed by atoms with E-state index in [4.69, 9.17) is 0 Å².